The summed E-state index contributed by atoms with van der Waals surface area (Å²) in [6, 6.07) is 0. The molecule has 0 amide bonds. The second-order valence-electron chi connectivity index (χ2n) is 2.34. The second kappa shape index (κ2) is 4.45. The molecular weight excluding hydrogens is 252 g/mol. The summed E-state index contributed by atoms with van der Waals surface area (Å²) in [7, 11) is 0. The SMILES string of the molecule is C#CCOC(=O)c1scc(C)c1Br. The number of carbonyl (C=O) groups excluding carboxylic acids is 1. The highest BCUT2D eigenvalue weighted by Gasteiger charge is 2.14. The number of ether oxygens (including phenoxy) is 1. The Morgan fingerprint density at radius 2 is 2.54 bits per heavy atom. The van der Waals surface area contributed by atoms with Crippen molar-refractivity contribution in [3.63, 3.8) is 0 Å². The summed E-state index contributed by atoms with van der Waals surface area (Å²) < 4.78 is 5.57. The fraction of sp³-hybridized carbons (Fsp3) is 0.222. The fourth-order valence-electron chi connectivity index (χ4n) is 0.740. The average Bonchev–Trinajstić information content (AvgIpc) is 2.44. The van der Waals surface area contributed by atoms with Crippen molar-refractivity contribution in [2.75, 3.05) is 6.61 Å². The zero-order chi connectivity index (χ0) is 9.84. The number of halogens is 1. The summed E-state index contributed by atoms with van der Waals surface area (Å²) in [6.45, 7) is 1.93. The predicted molar refractivity (Wildman–Crippen MR) is 55.9 cm³/mol. The van der Waals surface area contributed by atoms with E-state index in [0.717, 1.165) is 10.0 Å². The van der Waals surface area contributed by atoms with Gasteiger partial charge in [0.2, 0.25) is 0 Å². The first-order valence-corrected chi connectivity index (χ1v) is 5.18. The molecule has 0 saturated carbocycles. The van der Waals surface area contributed by atoms with Crippen molar-refractivity contribution >= 4 is 33.2 Å². The molecule has 0 atom stereocenters. The van der Waals surface area contributed by atoms with E-state index in [-0.39, 0.29) is 12.6 Å². The third-order valence-electron chi connectivity index (χ3n) is 1.37. The van der Waals surface area contributed by atoms with Crippen LogP contribution in [0.1, 0.15) is 15.2 Å². The lowest BCUT2D eigenvalue weighted by Gasteiger charge is -1.98. The van der Waals surface area contributed by atoms with Gasteiger partial charge in [-0.25, -0.2) is 4.79 Å². The van der Waals surface area contributed by atoms with Crippen LogP contribution in [0.3, 0.4) is 0 Å². The summed E-state index contributed by atoms with van der Waals surface area (Å²) in [4.78, 5) is 11.9. The van der Waals surface area contributed by atoms with Crippen LogP contribution in [0.25, 0.3) is 0 Å². The molecule has 0 aliphatic carbocycles. The highest BCUT2D eigenvalue weighted by Crippen LogP contribution is 2.28. The van der Waals surface area contributed by atoms with Gasteiger partial charge in [-0.1, -0.05) is 5.92 Å². The Morgan fingerprint density at radius 3 is 3.00 bits per heavy atom. The van der Waals surface area contributed by atoms with E-state index in [4.69, 9.17) is 11.2 Å². The Morgan fingerprint density at radius 1 is 1.85 bits per heavy atom. The summed E-state index contributed by atoms with van der Waals surface area (Å²) in [5.74, 6) is 1.87. The van der Waals surface area contributed by atoms with Crippen molar-refractivity contribution in [3.05, 3.63) is 20.3 Å². The minimum atomic E-state index is -0.372. The first kappa shape index (κ1) is 10.3. The van der Waals surface area contributed by atoms with Crippen molar-refractivity contribution in [1.29, 1.82) is 0 Å². The van der Waals surface area contributed by atoms with Crippen LogP contribution in [0.4, 0.5) is 0 Å². The van der Waals surface area contributed by atoms with E-state index in [0.29, 0.717) is 4.88 Å². The molecule has 0 N–H and O–H groups in total. The third-order valence-corrected chi connectivity index (χ3v) is 3.73. The van der Waals surface area contributed by atoms with Gasteiger partial charge in [-0.3, -0.25) is 0 Å². The van der Waals surface area contributed by atoms with E-state index >= 15 is 0 Å². The van der Waals surface area contributed by atoms with Crippen LogP contribution in [0.15, 0.2) is 9.85 Å². The molecule has 0 unspecified atom stereocenters. The minimum Gasteiger partial charge on any atom is -0.448 e. The van der Waals surface area contributed by atoms with E-state index in [1.807, 2.05) is 12.3 Å². The quantitative estimate of drug-likeness (QED) is 0.602. The van der Waals surface area contributed by atoms with Crippen molar-refractivity contribution in [1.82, 2.24) is 0 Å². The van der Waals surface area contributed by atoms with Gasteiger partial charge >= 0.3 is 5.97 Å². The van der Waals surface area contributed by atoms with Gasteiger partial charge < -0.3 is 4.74 Å². The van der Waals surface area contributed by atoms with Crippen molar-refractivity contribution < 1.29 is 9.53 Å². The van der Waals surface area contributed by atoms with Crippen LogP contribution in [0.2, 0.25) is 0 Å². The Kier molecular flexibility index (Phi) is 3.52. The van der Waals surface area contributed by atoms with E-state index in [9.17, 15) is 4.79 Å². The van der Waals surface area contributed by atoms with Gasteiger partial charge in [0.15, 0.2) is 6.61 Å². The topological polar surface area (TPSA) is 26.3 Å². The van der Waals surface area contributed by atoms with Crippen LogP contribution < -0.4 is 0 Å². The smallest absolute Gasteiger partial charge is 0.350 e. The van der Waals surface area contributed by atoms with Gasteiger partial charge in [-0.15, -0.1) is 17.8 Å². The van der Waals surface area contributed by atoms with Crippen LogP contribution >= 0.6 is 27.3 Å². The zero-order valence-corrected chi connectivity index (χ0v) is 9.37. The number of terminal acetylenes is 1. The Labute approximate surface area is 89.0 Å². The number of esters is 1. The van der Waals surface area contributed by atoms with E-state index < -0.39 is 0 Å². The molecule has 68 valence electrons. The molecule has 0 radical (unpaired) electrons. The van der Waals surface area contributed by atoms with E-state index in [1.54, 1.807) is 0 Å². The summed E-state index contributed by atoms with van der Waals surface area (Å²) >= 11 is 4.65. The summed E-state index contributed by atoms with van der Waals surface area (Å²) in [6.07, 6.45) is 4.96. The van der Waals surface area contributed by atoms with Gasteiger partial charge in [-0.05, 0) is 33.8 Å². The largest absolute Gasteiger partial charge is 0.448 e. The number of carbonyl (C=O) groups is 1. The van der Waals surface area contributed by atoms with Crippen molar-refractivity contribution in [2.45, 2.75) is 6.92 Å². The maximum atomic E-state index is 11.3. The van der Waals surface area contributed by atoms with E-state index in [2.05, 4.69) is 21.9 Å². The third kappa shape index (κ3) is 2.33. The molecule has 0 fully saturated rings. The molecule has 0 aliphatic rings. The van der Waals surface area contributed by atoms with Crippen molar-refractivity contribution in [3.8, 4) is 12.3 Å². The van der Waals surface area contributed by atoms with Crippen LogP contribution in [-0.2, 0) is 4.74 Å². The summed E-state index contributed by atoms with van der Waals surface area (Å²) in [5.41, 5.74) is 1.03. The molecule has 1 rings (SSSR count). The van der Waals surface area contributed by atoms with Gasteiger partial charge in [0, 0.05) is 4.47 Å². The standard InChI is InChI=1S/C9H7BrO2S/c1-3-4-12-9(11)8-7(10)6(2)5-13-8/h1,5H,4H2,2H3. The summed E-state index contributed by atoms with van der Waals surface area (Å²) in [5, 5.41) is 1.89. The number of rotatable bonds is 2. The van der Waals surface area contributed by atoms with Crippen LogP contribution in [0, 0.1) is 19.3 Å². The zero-order valence-electron chi connectivity index (χ0n) is 6.96. The van der Waals surface area contributed by atoms with Gasteiger partial charge in [0.25, 0.3) is 0 Å². The minimum absolute atomic E-state index is 0.0161. The number of aryl methyl sites for hydroxylation is 1. The number of hydrogen-bond acceptors (Lipinski definition) is 3. The van der Waals surface area contributed by atoms with Crippen LogP contribution in [0.5, 0.6) is 0 Å². The van der Waals surface area contributed by atoms with Gasteiger partial charge in [-0.2, -0.15) is 0 Å². The molecule has 4 heteroatoms. The highest BCUT2D eigenvalue weighted by atomic mass is 79.9. The molecule has 0 aliphatic heterocycles. The van der Waals surface area contributed by atoms with Crippen molar-refractivity contribution in [2.24, 2.45) is 0 Å². The average molecular weight is 259 g/mol. The van der Waals surface area contributed by atoms with Crippen LogP contribution in [-0.4, -0.2) is 12.6 Å². The molecule has 1 heterocycles. The Balaban J connectivity index is 2.78. The highest BCUT2D eigenvalue weighted by molar-refractivity contribution is 9.10. The lowest BCUT2D eigenvalue weighted by molar-refractivity contribution is 0.0561. The number of thiophene rings is 1. The first-order valence-electron chi connectivity index (χ1n) is 3.51. The molecule has 0 bridgehead atoms. The maximum Gasteiger partial charge on any atom is 0.350 e. The predicted octanol–water partition coefficient (Wildman–Crippen LogP) is 2.61. The van der Waals surface area contributed by atoms with E-state index in [1.165, 1.54) is 11.3 Å². The molecule has 0 aromatic carbocycles. The lowest BCUT2D eigenvalue weighted by atomic mass is 10.3. The Hall–Kier alpha value is -0.790. The van der Waals surface area contributed by atoms with Gasteiger partial charge in [0.05, 0.1) is 0 Å². The molecule has 0 saturated heterocycles. The molecular formula is C9H7BrO2S. The normalized spacial score (nSPS) is 9.31. The fourth-order valence-corrected chi connectivity index (χ4v) is 2.28. The number of hydrogen-bond donors (Lipinski definition) is 0. The molecule has 1 aromatic heterocycles. The second-order valence-corrected chi connectivity index (χ2v) is 4.01. The first-order chi connectivity index (χ1) is 6.16. The maximum absolute atomic E-state index is 11.3. The molecule has 2 nitrogen and oxygen atoms in total. The molecule has 1 aromatic rings. The lowest BCUT2D eigenvalue weighted by Crippen LogP contribution is -2.03. The Bertz CT molecular complexity index is 362. The molecule has 0 spiro atoms. The molecule has 13 heavy (non-hydrogen) atoms. The monoisotopic (exact) mass is 258 g/mol. The van der Waals surface area contributed by atoms with Gasteiger partial charge in [0.1, 0.15) is 4.88 Å².